The average molecular weight is 528 g/mol. The summed E-state index contributed by atoms with van der Waals surface area (Å²) in [4.78, 5) is 6.55. The first-order chi connectivity index (χ1) is 14.0. The maximum absolute atomic E-state index is 5.42. The molecule has 0 fully saturated rings. The number of guanidine groups is 1. The maximum Gasteiger partial charge on any atom is 0.203 e. The molecule has 0 aliphatic rings. The molecule has 8 heteroatoms. The second-order valence-electron chi connectivity index (χ2n) is 6.64. The van der Waals surface area contributed by atoms with Gasteiger partial charge in [0, 0.05) is 38.9 Å². The molecule has 166 valence electrons. The summed E-state index contributed by atoms with van der Waals surface area (Å²) in [7, 11) is 8.67. The average Bonchev–Trinajstić information content (AvgIpc) is 2.78. The van der Waals surface area contributed by atoms with Crippen LogP contribution in [0.15, 0.2) is 47.5 Å². The zero-order chi connectivity index (χ0) is 21.2. The Morgan fingerprint density at radius 3 is 2.10 bits per heavy atom. The van der Waals surface area contributed by atoms with Crippen LogP contribution >= 0.6 is 24.0 Å². The number of anilines is 1. The Labute approximate surface area is 196 Å². The van der Waals surface area contributed by atoms with E-state index in [1.165, 1.54) is 5.69 Å². The predicted molar refractivity (Wildman–Crippen MR) is 134 cm³/mol. The number of halogens is 1. The first-order valence-corrected chi connectivity index (χ1v) is 9.55. The maximum atomic E-state index is 5.42. The first-order valence-electron chi connectivity index (χ1n) is 9.55. The minimum Gasteiger partial charge on any atom is -0.493 e. The summed E-state index contributed by atoms with van der Waals surface area (Å²) < 4.78 is 16.2. The van der Waals surface area contributed by atoms with Crippen LogP contribution in [0.3, 0.4) is 0 Å². The summed E-state index contributed by atoms with van der Waals surface area (Å²) in [6.45, 7) is 3.49. The van der Waals surface area contributed by atoms with Crippen LogP contribution < -0.4 is 29.7 Å². The number of likely N-dealkylation sites (N-methyl/N-ethyl adjacent to an activating group) is 1. The van der Waals surface area contributed by atoms with Gasteiger partial charge in [0.2, 0.25) is 5.75 Å². The third-order valence-corrected chi connectivity index (χ3v) is 4.80. The van der Waals surface area contributed by atoms with Gasteiger partial charge in [-0.05, 0) is 36.8 Å². The summed E-state index contributed by atoms with van der Waals surface area (Å²) >= 11 is 0. The van der Waals surface area contributed by atoms with E-state index < -0.39 is 0 Å². The number of nitrogens with one attached hydrogen (secondary N) is 2. The molecule has 0 aliphatic carbocycles. The van der Waals surface area contributed by atoms with Crippen molar-refractivity contribution in [2.24, 2.45) is 4.99 Å². The van der Waals surface area contributed by atoms with Crippen LogP contribution in [0.1, 0.15) is 12.5 Å². The molecule has 1 unspecified atom stereocenters. The molecule has 0 radical (unpaired) electrons. The van der Waals surface area contributed by atoms with Gasteiger partial charge in [-0.25, -0.2) is 0 Å². The molecule has 0 saturated carbocycles. The Morgan fingerprint density at radius 1 is 1.00 bits per heavy atom. The monoisotopic (exact) mass is 528 g/mol. The highest BCUT2D eigenvalue weighted by Crippen LogP contribution is 2.38. The Kier molecular flexibility index (Phi) is 11.2. The normalized spacial score (nSPS) is 11.7. The fraction of sp³-hybridized carbons (Fsp3) is 0.409. The summed E-state index contributed by atoms with van der Waals surface area (Å²) in [5.41, 5.74) is 2.18. The minimum atomic E-state index is 0. The van der Waals surface area contributed by atoms with Gasteiger partial charge >= 0.3 is 0 Å². The summed E-state index contributed by atoms with van der Waals surface area (Å²) in [5.74, 6) is 2.57. The smallest absolute Gasteiger partial charge is 0.203 e. The Bertz CT molecular complexity index is 777. The number of rotatable bonds is 9. The Morgan fingerprint density at radius 2 is 1.60 bits per heavy atom. The molecule has 0 spiro atoms. The van der Waals surface area contributed by atoms with Crippen molar-refractivity contribution < 1.29 is 14.2 Å². The van der Waals surface area contributed by atoms with Crippen LogP contribution in [-0.4, -0.2) is 54.0 Å². The zero-order valence-corrected chi connectivity index (χ0v) is 20.9. The molecular weight excluding hydrogens is 495 g/mol. The molecule has 1 atom stereocenters. The summed E-state index contributed by atoms with van der Waals surface area (Å²) in [6, 6.07) is 14.5. The molecule has 0 saturated heterocycles. The van der Waals surface area contributed by atoms with Crippen molar-refractivity contribution in [3.63, 3.8) is 0 Å². The number of nitrogens with zero attached hydrogens (tertiary/aromatic N) is 2. The number of para-hydroxylation sites is 1. The molecule has 0 heterocycles. The second-order valence-corrected chi connectivity index (χ2v) is 6.64. The van der Waals surface area contributed by atoms with Crippen LogP contribution in [0.5, 0.6) is 17.2 Å². The van der Waals surface area contributed by atoms with E-state index in [4.69, 9.17) is 14.2 Å². The lowest BCUT2D eigenvalue weighted by molar-refractivity contribution is 0.323. The van der Waals surface area contributed by atoms with Gasteiger partial charge in [0.1, 0.15) is 0 Å². The van der Waals surface area contributed by atoms with Crippen molar-refractivity contribution in [2.45, 2.75) is 19.5 Å². The van der Waals surface area contributed by atoms with Gasteiger partial charge in [-0.1, -0.05) is 18.2 Å². The van der Waals surface area contributed by atoms with E-state index >= 15 is 0 Å². The molecule has 2 aromatic carbocycles. The van der Waals surface area contributed by atoms with Gasteiger partial charge in [0.05, 0.1) is 21.3 Å². The van der Waals surface area contributed by atoms with Gasteiger partial charge in [0.25, 0.3) is 0 Å². The molecule has 2 aromatic rings. The molecule has 0 bridgehead atoms. The van der Waals surface area contributed by atoms with E-state index in [-0.39, 0.29) is 30.0 Å². The lowest BCUT2D eigenvalue weighted by Crippen LogP contribution is -2.44. The van der Waals surface area contributed by atoms with Gasteiger partial charge in [0.15, 0.2) is 17.5 Å². The van der Waals surface area contributed by atoms with Gasteiger partial charge in [-0.15, -0.1) is 24.0 Å². The highest BCUT2D eigenvalue weighted by molar-refractivity contribution is 14.0. The standard InChI is InChI=1S/C22H32N4O3.HI/c1-16(26(3)18-10-8-7-9-11-18)14-24-22(23-2)25-15-17-12-19(27-4)21(29-6)20(13-17)28-5;/h7-13,16H,14-15H2,1-6H3,(H2,23,24,25);1H. The second kappa shape index (κ2) is 13.0. The van der Waals surface area contributed by atoms with Gasteiger partial charge in [-0.2, -0.15) is 0 Å². The van der Waals surface area contributed by atoms with Crippen LogP contribution in [-0.2, 0) is 6.54 Å². The number of methoxy groups -OCH3 is 3. The Hall–Kier alpha value is -2.36. The lowest BCUT2D eigenvalue weighted by Gasteiger charge is -2.28. The van der Waals surface area contributed by atoms with Crippen molar-refractivity contribution in [3.05, 3.63) is 48.0 Å². The molecule has 7 nitrogen and oxygen atoms in total. The number of benzene rings is 2. The fourth-order valence-corrected chi connectivity index (χ4v) is 2.94. The molecule has 0 amide bonds. The topological polar surface area (TPSA) is 67.4 Å². The van der Waals surface area contributed by atoms with Crippen LogP contribution in [0.25, 0.3) is 0 Å². The SMILES string of the molecule is CN=C(NCc1cc(OC)c(OC)c(OC)c1)NCC(C)N(C)c1ccccc1.I. The molecule has 0 aliphatic heterocycles. The van der Waals surface area contributed by atoms with Crippen LogP contribution in [0.2, 0.25) is 0 Å². The minimum absolute atomic E-state index is 0. The lowest BCUT2D eigenvalue weighted by atomic mass is 10.2. The summed E-state index contributed by atoms with van der Waals surface area (Å²) in [5, 5.41) is 6.71. The van der Waals surface area contributed by atoms with Gasteiger partial charge < -0.3 is 29.7 Å². The number of ether oxygens (including phenoxy) is 3. The molecule has 30 heavy (non-hydrogen) atoms. The highest BCUT2D eigenvalue weighted by atomic mass is 127. The van der Waals surface area contributed by atoms with Crippen molar-refractivity contribution in [1.29, 1.82) is 0 Å². The highest BCUT2D eigenvalue weighted by Gasteiger charge is 2.14. The molecule has 2 rings (SSSR count). The Balaban J connectivity index is 0.00000450. The fourth-order valence-electron chi connectivity index (χ4n) is 2.94. The van der Waals surface area contributed by atoms with Crippen molar-refractivity contribution >= 4 is 35.6 Å². The van der Waals surface area contributed by atoms with Crippen molar-refractivity contribution in [3.8, 4) is 17.2 Å². The predicted octanol–water partition coefficient (Wildman–Crippen LogP) is 3.52. The zero-order valence-electron chi connectivity index (χ0n) is 18.6. The number of aliphatic imine (C=N–C) groups is 1. The van der Waals surface area contributed by atoms with Crippen molar-refractivity contribution in [1.82, 2.24) is 10.6 Å². The molecular formula is C22H33IN4O3. The molecule has 2 N–H and O–H groups in total. The van der Waals surface area contributed by atoms with E-state index in [1.807, 2.05) is 30.3 Å². The summed E-state index contributed by atoms with van der Waals surface area (Å²) in [6.07, 6.45) is 0. The third-order valence-electron chi connectivity index (χ3n) is 4.80. The number of hydrogen-bond acceptors (Lipinski definition) is 5. The largest absolute Gasteiger partial charge is 0.493 e. The van der Waals surface area contributed by atoms with Gasteiger partial charge in [-0.3, -0.25) is 4.99 Å². The van der Waals surface area contributed by atoms with E-state index in [2.05, 4.69) is 46.6 Å². The van der Waals surface area contributed by atoms with E-state index in [0.717, 1.165) is 18.1 Å². The van der Waals surface area contributed by atoms with E-state index in [9.17, 15) is 0 Å². The van der Waals surface area contributed by atoms with E-state index in [1.54, 1.807) is 28.4 Å². The molecule has 0 aromatic heterocycles. The third kappa shape index (κ3) is 6.86. The van der Waals surface area contributed by atoms with E-state index in [0.29, 0.717) is 23.8 Å². The number of hydrogen-bond donors (Lipinski definition) is 2. The first kappa shape index (κ1) is 25.7. The van der Waals surface area contributed by atoms with Crippen molar-refractivity contribution in [2.75, 3.05) is 46.9 Å². The quantitative estimate of drug-likeness (QED) is 0.295. The van der Waals surface area contributed by atoms with Crippen LogP contribution in [0, 0.1) is 0 Å². The van der Waals surface area contributed by atoms with Crippen LogP contribution in [0.4, 0.5) is 5.69 Å².